The van der Waals surface area contributed by atoms with Gasteiger partial charge in [-0.3, -0.25) is 4.79 Å². The van der Waals surface area contributed by atoms with Crippen LogP contribution in [-0.2, 0) is 16.3 Å². The Labute approximate surface area is 157 Å². The highest BCUT2D eigenvalue weighted by atomic mass is 35.5. The first kappa shape index (κ1) is 18.6. The van der Waals surface area contributed by atoms with Crippen molar-refractivity contribution in [1.29, 1.82) is 0 Å². The van der Waals surface area contributed by atoms with Crippen LogP contribution < -0.4 is 10.6 Å². The number of carbonyl (C=O) groups is 1. The van der Waals surface area contributed by atoms with Crippen molar-refractivity contribution in [2.75, 3.05) is 23.4 Å². The molecule has 7 nitrogen and oxygen atoms in total. The molecule has 0 saturated carbocycles. The summed E-state index contributed by atoms with van der Waals surface area (Å²) < 4.78 is 23.0. The van der Waals surface area contributed by atoms with Gasteiger partial charge in [0.15, 0.2) is 9.84 Å². The van der Waals surface area contributed by atoms with Gasteiger partial charge in [-0.25, -0.2) is 18.4 Å². The van der Waals surface area contributed by atoms with E-state index < -0.39 is 9.84 Å². The number of aromatic nitrogens is 2. The van der Waals surface area contributed by atoms with Gasteiger partial charge < -0.3 is 10.6 Å². The SMILES string of the molecule is O=C(NCCc1cccc(Cl)c1)c1ccnc(NC2CCS(=O)(=O)C2)n1. The van der Waals surface area contributed by atoms with E-state index in [0.29, 0.717) is 24.4 Å². The molecule has 1 aromatic heterocycles. The molecule has 2 heterocycles. The van der Waals surface area contributed by atoms with Crippen molar-refractivity contribution in [3.05, 3.63) is 52.8 Å². The largest absolute Gasteiger partial charge is 0.350 e. The summed E-state index contributed by atoms with van der Waals surface area (Å²) in [5, 5.41) is 6.45. The molecule has 1 amide bonds. The molecule has 1 atom stereocenters. The third-order valence-corrected chi connectivity index (χ3v) is 6.05. The predicted molar refractivity (Wildman–Crippen MR) is 100 cm³/mol. The summed E-state index contributed by atoms with van der Waals surface area (Å²) in [5.41, 5.74) is 1.26. The highest BCUT2D eigenvalue weighted by molar-refractivity contribution is 7.91. The number of amides is 1. The van der Waals surface area contributed by atoms with Crippen LogP contribution in [0.3, 0.4) is 0 Å². The summed E-state index contributed by atoms with van der Waals surface area (Å²) in [6.07, 6.45) is 2.65. The Balaban J connectivity index is 1.54. The van der Waals surface area contributed by atoms with E-state index in [2.05, 4.69) is 20.6 Å². The first-order valence-corrected chi connectivity index (χ1v) is 10.4. The van der Waals surface area contributed by atoms with Crippen molar-refractivity contribution >= 4 is 33.3 Å². The second-order valence-electron chi connectivity index (χ2n) is 6.15. The molecule has 1 aromatic carbocycles. The van der Waals surface area contributed by atoms with E-state index in [1.165, 1.54) is 12.3 Å². The van der Waals surface area contributed by atoms with E-state index >= 15 is 0 Å². The molecular formula is C17H19ClN4O3S. The zero-order valence-corrected chi connectivity index (χ0v) is 15.6. The van der Waals surface area contributed by atoms with Crippen molar-refractivity contribution in [2.45, 2.75) is 18.9 Å². The quantitative estimate of drug-likeness (QED) is 0.773. The molecule has 1 fully saturated rings. The molecule has 2 aromatic rings. The highest BCUT2D eigenvalue weighted by Gasteiger charge is 2.28. The van der Waals surface area contributed by atoms with Gasteiger partial charge in [0.1, 0.15) is 5.69 Å². The van der Waals surface area contributed by atoms with Gasteiger partial charge in [-0.15, -0.1) is 0 Å². The van der Waals surface area contributed by atoms with Gasteiger partial charge in [0.2, 0.25) is 5.95 Å². The lowest BCUT2D eigenvalue weighted by atomic mass is 10.1. The van der Waals surface area contributed by atoms with Crippen LogP contribution in [0.15, 0.2) is 36.5 Å². The summed E-state index contributed by atoms with van der Waals surface area (Å²) in [4.78, 5) is 20.5. The number of benzene rings is 1. The smallest absolute Gasteiger partial charge is 0.270 e. The molecule has 1 unspecified atom stereocenters. The van der Waals surface area contributed by atoms with Crippen LogP contribution in [0.2, 0.25) is 5.02 Å². The molecule has 0 bridgehead atoms. The van der Waals surface area contributed by atoms with E-state index in [-0.39, 0.29) is 35.1 Å². The van der Waals surface area contributed by atoms with Crippen LogP contribution in [0.25, 0.3) is 0 Å². The summed E-state index contributed by atoms with van der Waals surface area (Å²) in [6, 6.07) is 8.77. The maximum absolute atomic E-state index is 12.2. The summed E-state index contributed by atoms with van der Waals surface area (Å²) in [5.74, 6) is 0.173. The minimum Gasteiger partial charge on any atom is -0.350 e. The minimum atomic E-state index is -2.99. The van der Waals surface area contributed by atoms with Gasteiger partial charge in [0.25, 0.3) is 5.91 Å². The van der Waals surface area contributed by atoms with Gasteiger partial charge in [0.05, 0.1) is 11.5 Å². The van der Waals surface area contributed by atoms with Crippen LogP contribution >= 0.6 is 11.6 Å². The normalized spacial score (nSPS) is 18.4. The molecular weight excluding hydrogens is 376 g/mol. The van der Waals surface area contributed by atoms with E-state index in [1.54, 1.807) is 6.07 Å². The maximum atomic E-state index is 12.2. The monoisotopic (exact) mass is 394 g/mol. The molecule has 0 spiro atoms. The van der Waals surface area contributed by atoms with E-state index in [4.69, 9.17) is 11.6 Å². The van der Waals surface area contributed by atoms with Gasteiger partial charge in [-0.1, -0.05) is 23.7 Å². The molecule has 1 aliphatic rings. The van der Waals surface area contributed by atoms with Crippen LogP contribution in [0.4, 0.5) is 5.95 Å². The topological polar surface area (TPSA) is 101 Å². The fourth-order valence-corrected chi connectivity index (χ4v) is 4.64. The Hall–Kier alpha value is -2.19. The number of sulfone groups is 1. The van der Waals surface area contributed by atoms with Gasteiger partial charge in [-0.05, 0) is 36.6 Å². The fraction of sp³-hybridized carbons (Fsp3) is 0.353. The molecule has 1 aliphatic heterocycles. The molecule has 2 N–H and O–H groups in total. The summed E-state index contributed by atoms with van der Waals surface area (Å²) in [7, 11) is -2.99. The van der Waals surface area contributed by atoms with E-state index in [9.17, 15) is 13.2 Å². The van der Waals surface area contributed by atoms with Crippen molar-refractivity contribution in [3.8, 4) is 0 Å². The van der Waals surface area contributed by atoms with Crippen LogP contribution in [-0.4, -0.2) is 48.4 Å². The standard InChI is InChI=1S/C17H19ClN4O3S/c18-13-3-1-2-12(10-13)4-7-19-16(23)15-5-8-20-17(22-15)21-14-6-9-26(24,25)11-14/h1-3,5,8,10,14H,4,6-7,9,11H2,(H,19,23)(H,20,21,22). The van der Waals surface area contributed by atoms with E-state index in [1.807, 2.05) is 18.2 Å². The number of nitrogens with one attached hydrogen (secondary N) is 2. The maximum Gasteiger partial charge on any atom is 0.270 e. The molecule has 3 rings (SSSR count). The lowest BCUT2D eigenvalue weighted by molar-refractivity contribution is 0.0949. The Bertz CT molecular complexity index is 904. The van der Waals surface area contributed by atoms with Crippen molar-refractivity contribution in [1.82, 2.24) is 15.3 Å². The Morgan fingerprint density at radius 3 is 2.88 bits per heavy atom. The number of hydrogen-bond donors (Lipinski definition) is 2. The average molecular weight is 395 g/mol. The minimum absolute atomic E-state index is 0.0619. The van der Waals surface area contributed by atoms with Gasteiger partial charge in [0, 0.05) is 23.8 Å². The average Bonchev–Trinajstić information content (AvgIpc) is 2.93. The van der Waals surface area contributed by atoms with Crippen molar-refractivity contribution < 1.29 is 13.2 Å². The zero-order chi connectivity index (χ0) is 18.6. The van der Waals surface area contributed by atoms with Crippen LogP contribution in [0.1, 0.15) is 22.5 Å². The molecule has 1 saturated heterocycles. The van der Waals surface area contributed by atoms with Gasteiger partial charge >= 0.3 is 0 Å². The summed E-state index contributed by atoms with van der Waals surface area (Å²) in [6.45, 7) is 0.451. The number of nitrogens with zero attached hydrogens (tertiary/aromatic N) is 2. The molecule has 26 heavy (non-hydrogen) atoms. The third kappa shape index (κ3) is 5.15. The first-order chi connectivity index (χ1) is 12.4. The molecule has 9 heteroatoms. The number of halogens is 1. The summed E-state index contributed by atoms with van der Waals surface area (Å²) >= 11 is 5.94. The van der Waals surface area contributed by atoms with Gasteiger partial charge in [-0.2, -0.15) is 0 Å². The highest BCUT2D eigenvalue weighted by Crippen LogP contribution is 2.15. The zero-order valence-electron chi connectivity index (χ0n) is 14.0. The van der Waals surface area contributed by atoms with Crippen LogP contribution in [0, 0.1) is 0 Å². The molecule has 0 aliphatic carbocycles. The Morgan fingerprint density at radius 2 is 2.15 bits per heavy atom. The molecule has 138 valence electrons. The van der Waals surface area contributed by atoms with E-state index in [0.717, 1.165) is 5.56 Å². The lowest BCUT2D eigenvalue weighted by Gasteiger charge is -2.11. The number of rotatable bonds is 6. The van der Waals surface area contributed by atoms with Crippen molar-refractivity contribution in [2.24, 2.45) is 0 Å². The number of anilines is 1. The third-order valence-electron chi connectivity index (χ3n) is 4.04. The second-order valence-corrected chi connectivity index (χ2v) is 8.81. The fourth-order valence-electron chi connectivity index (χ4n) is 2.75. The van der Waals surface area contributed by atoms with Crippen LogP contribution in [0.5, 0.6) is 0 Å². The lowest BCUT2D eigenvalue weighted by Crippen LogP contribution is -2.27. The number of hydrogen-bond acceptors (Lipinski definition) is 6. The molecule has 0 radical (unpaired) electrons. The Kier molecular flexibility index (Phi) is 5.73. The first-order valence-electron chi connectivity index (χ1n) is 8.24. The Morgan fingerprint density at radius 1 is 1.31 bits per heavy atom. The van der Waals surface area contributed by atoms with Crippen molar-refractivity contribution in [3.63, 3.8) is 0 Å². The number of carbonyl (C=O) groups excluding carboxylic acids is 1. The second kappa shape index (κ2) is 8.01. The predicted octanol–water partition coefficient (Wildman–Crippen LogP) is 1.70.